The van der Waals surface area contributed by atoms with Crippen molar-refractivity contribution in [3.8, 4) is 0 Å². The summed E-state index contributed by atoms with van der Waals surface area (Å²) in [6.07, 6.45) is -2.27. The number of carbonyl (C=O) groups is 5. The van der Waals surface area contributed by atoms with Gasteiger partial charge in [-0.05, 0) is 45.0 Å². The number of esters is 2. The molecular weight excluding hydrogens is 486 g/mol. The highest BCUT2D eigenvalue weighted by Gasteiger charge is 2.21. The molecule has 0 aliphatic carbocycles. The number of nitrogens with one attached hydrogen (secondary N) is 1. The Kier molecular flexibility index (Phi) is 9.65. The van der Waals surface area contributed by atoms with E-state index in [9.17, 15) is 24.0 Å². The Hall–Kier alpha value is -4.59. The summed E-state index contributed by atoms with van der Waals surface area (Å²) in [4.78, 5) is 61.6. The Balaban J connectivity index is 1.43. The van der Waals surface area contributed by atoms with Gasteiger partial charge in [-0.15, -0.1) is 0 Å². The number of Topliss-reactive ketones (excluding diaryl/α,β-unsaturated/α-hetero) is 2. The zero-order chi connectivity index (χ0) is 27.7. The summed E-state index contributed by atoms with van der Waals surface area (Å²) in [6, 6.07) is 21.4. The highest BCUT2D eigenvalue weighted by Crippen LogP contribution is 2.14. The number of ketones is 2. The van der Waals surface area contributed by atoms with Crippen molar-refractivity contribution in [2.24, 2.45) is 0 Å². The lowest BCUT2D eigenvalue weighted by Gasteiger charge is -2.13. The van der Waals surface area contributed by atoms with Gasteiger partial charge in [0.15, 0.2) is 12.2 Å². The van der Waals surface area contributed by atoms with Crippen molar-refractivity contribution in [2.45, 2.75) is 45.8 Å². The van der Waals surface area contributed by atoms with Gasteiger partial charge in [-0.2, -0.15) is 0 Å². The third kappa shape index (κ3) is 7.96. The van der Waals surface area contributed by atoms with Crippen molar-refractivity contribution in [3.05, 3.63) is 101 Å². The van der Waals surface area contributed by atoms with E-state index in [2.05, 4.69) is 5.32 Å². The minimum absolute atomic E-state index is 0.146. The Bertz CT molecular complexity index is 1300. The maximum Gasteiger partial charge on any atom is 0.338 e. The number of hydrogen-bond acceptors (Lipinski definition) is 7. The molecule has 0 fully saturated rings. The molecule has 0 saturated carbocycles. The Morgan fingerprint density at radius 3 is 1.79 bits per heavy atom. The summed E-state index contributed by atoms with van der Waals surface area (Å²) in [7, 11) is 0. The molecule has 3 aromatic rings. The minimum Gasteiger partial charge on any atom is -0.454 e. The maximum atomic E-state index is 12.4. The second kappa shape index (κ2) is 13.1. The summed E-state index contributed by atoms with van der Waals surface area (Å²) in [6.45, 7) is 4.90. The number of aryl methyl sites for hydroxylation is 1. The van der Waals surface area contributed by atoms with Crippen molar-refractivity contribution in [1.82, 2.24) is 0 Å². The van der Waals surface area contributed by atoms with Crippen molar-refractivity contribution in [2.75, 3.05) is 5.32 Å². The van der Waals surface area contributed by atoms with E-state index in [0.29, 0.717) is 16.8 Å². The summed E-state index contributed by atoms with van der Waals surface area (Å²) < 4.78 is 10.4. The van der Waals surface area contributed by atoms with Crippen LogP contribution in [0, 0.1) is 6.92 Å². The van der Waals surface area contributed by atoms with Gasteiger partial charge < -0.3 is 14.8 Å². The van der Waals surface area contributed by atoms with E-state index in [0.717, 1.165) is 5.56 Å². The van der Waals surface area contributed by atoms with Crippen LogP contribution < -0.4 is 5.32 Å². The largest absolute Gasteiger partial charge is 0.454 e. The molecule has 0 aliphatic rings. The van der Waals surface area contributed by atoms with Crippen LogP contribution in [0.3, 0.4) is 0 Å². The van der Waals surface area contributed by atoms with E-state index in [1.807, 2.05) is 6.92 Å². The lowest BCUT2D eigenvalue weighted by Crippen LogP contribution is -2.25. The second-order valence-electron chi connectivity index (χ2n) is 8.77. The first-order chi connectivity index (χ1) is 18.1. The molecule has 8 heteroatoms. The summed E-state index contributed by atoms with van der Waals surface area (Å²) in [5, 5.41) is 2.63. The predicted molar refractivity (Wildman–Crippen MR) is 141 cm³/mol. The van der Waals surface area contributed by atoms with Crippen molar-refractivity contribution < 1.29 is 33.4 Å². The molecule has 196 valence electrons. The molecule has 3 aromatic carbocycles. The predicted octanol–water partition coefficient (Wildman–Crippen LogP) is 4.96. The lowest BCUT2D eigenvalue weighted by atomic mass is 10.1. The Morgan fingerprint density at radius 1 is 0.658 bits per heavy atom. The van der Waals surface area contributed by atoms with Crippen LogP contribution in [0.2, 0.25) is 0 Å². The molecule has 1 N–H and O–H groups in total. The number of ether oxygens (including phenoxy) is 2. The smallest absolute Gasteiger partial charge is 0.338 e. The Labute approximate surface area is 221 Å². The van der Waals surface area contributed by atoms with Gasteiger partial charge in [-0.25, -0.2) is 4.79 Å². The van der Waals surface area contributed by atoms with Gasteiger partial charge >= 0.3 is 11.9 Å². The van der Waals surface area contributed by atoms with Crippen LogP contribution >= 0.6 is 0 Å². The first-order valence-electron chi connectivity index (χ1n) is 12.1. The van der Waals surface area contributed by atoms with Crippen LogP contribution in [0.5, 0.6) is 0 Å². The highest BCUT2D eigenvalue weighted by molar-refractivity contribution is 6.02. The van der Waals surface area contributed by atoms with Crippen LogP contribution in [0.25, 0.3) is 0 Å². The van der Waals surface area contributed by atoms with Gasteiger partial charge in [0.25, 0.3) is 0 Å². The molecule has 2 atom stereocenters. The van der Waals surface area contributed by atoms with Gasteiger partial charge in [0.05, 0.1) is 12.0 Å². The molecular formula is C30H29NO7. The van der Waals surface area contributed by atoms with Gasteiger partial charge in [0.1, 0.15) is 0 Å². The average Bonchev–Trinajstić information content (AvgIpc) is 2.92. The first kappa shape index (κ1) is 28.0. The highest BCUT2D eigenvalue weighted by atomic mass is 16.5. The van der Waals surface area contributed by atoms with Gasteiger partial charge in [-0.1, -0.05) is 60.2 Å². The molecule has 0 bridgehead atoms. The van der Waals surface area contributed by atoms with E-state index in [-0.39, 0.29) is 30.0 Å². The van der Waals surface area contributed by atoms with Crippen LogP contribution in [-0.2, 0) is 19.1 Å². The fourth-order valence-electron chi connectivity index (χ4n) is 3.51. The lowest BCUT2D eigenvalue weighted by molar-refractivity contribution is -0.147. The number of benzene rings is 3. The monoisotopic (exact) mass is 515 g/mol. The van der Waals surface area contributed by atoms with Crippen molar-refractivity contribution in [1.29, 1.82) is 0 Å². The maximum absolute atomic E-state index is 12.4. The zero-order valence-electron chi connectivity index (χ0n) is 21.4. The quantitative estimate of drug-likeness (QED) is 0.284. The van der Waals surface area contributed by atoms with Crippen LogP contribution in [-0.4, -0.2) is 41.6 Å². The molecule has 0 radical (unpaired) electrons. The number of anilines is 1. The van der Waals surface area contributed by atoms with Crippen LogP contribution in [0.1, 0.15) is 63.3 Å². The van der Waals surface area contributed by atoms with Gasteiger partial charge in [0.2, 0.25) is 17.5 Å². The third-order valence-electron chi connectivity index (χ3n) is 5.69. The number of hydrogen-bond donors (Lipinski definition) is 1. The molecule has 1 amide bonds. The summed E-state index contributed by atoms with van der Waals surface area (Å²) in [5.41, 5.74) is 2.53. The van der Waals surface area contributed by atoms with Crippen LogP contribution in [0.15, 0.2) is 78.9 Å². The molecule has 0 unspecified atom stereocenters. The Morgan fingerprint density at radius 2 is 1.18 bits per heavy atom. The molecule has 0 heterocycles. The first-order valence-corrected chi connectivity index (χ1v) is 12.1. The third-order valence-corrected chi connectivity index (χ3v) is 5.69. The zero-order valence-corrected chi connectivity index (χ0v) is 21.4. The molecule has 0 spiro atoms. The topological polar surface area (TPSA) is 116 Å². The van der Waals surface area contributed by atoms with Gasteiger partial charge in [0, 0.05) is 23.2 Å². The normalized spacial score (nSPS) is 12.1. The summed E-state index contributed by atoms with van der Waals surface area (Å²) >= 11 is 0. The number of rotatable bonds is 11. The minimum atomic E-state index is -0.966. The molecule has 0 aliphatic heterocycles. The fourth-order valence-corrected chi connectivity index (χ4v) is 3.51. The summed E-state index contributed by atoms with van der Waals surface area (Å²) in [5.74, 6) is -2.39. The molecule has 3 rings (SSSR count). The second-order valence-corrected chi connectivity index (χ2v) is 8.77. The number of carbonyl (C=O) groups excluding carboxylic acids is 5. The molecule has 0 aromatic heterocycles. The fraction of sp³-hybridized carbons (Fsp3) is 0.233. The molecule has 8 nitrogen and oxygen atoms in total. The SMILES string of the molecule is Cc1ccc(C(=O)[C@H](C)OC(=O)CCC(=O)Nc2ccc(C(=O)O[C@@H](C)C(=O)c3ccccc3)cc2)cc1. The average molecular weight is 516 g/mol. The van der Waals surface area contributed by atoms with E-state index >= 15 is 0 Å². The number of amides is 1. The van der Waals surface area contributed by atoms with Crippen molar-refractivity contribution >= 4 is 35.1 Å². The van der Waals surface area contributed by atoms with E-state index in [1.54, 1.807) is 54.6 Å². The van der Waals surface area contributed by atoms with Crippen LogP contribution in [0.4, 0.5) is 5.69 Å². The van der Waals surface area contributed by atoms with E-state index in [4.69, 9.17) is 9.47 Å². The van der Waals surface area contributed by atoms with E-state index in [1.165, 1.54) is 38.1 Å². The van der Waals surface area contributed by atoms with E-state index < -0.39 is 30.1 Å². The standard InChI is InChI=1S/C30H29NO7/c1-19-9-11-23(12-10-19)28(34)20(2)37-27(33)18-17-26(32)31-25-15-13-24(14-16-25)30(36)38-21(3)29(35)22-7-5-4-6-8-22/h4-16,20-21H,17-18H2,1-3H3,(H,31,32)/t20-,21-/m0/s1. The van der Waals surface area contributed by atoms with Gasteiger partial charge in [-0.3, -0.25) is 19.2 Å². The van der Waals surface area contributed by atoms with Crippen molar-refractivity contribution in [3.63, 3.8) is 0 Å². The molecule has 38 heavy (non-hydrogen) atoms. The molecule has 0 saturated heterocycles.